The van der Waals surface area contributed by atoms with Crippen LogP contribution in [-0.2, 0) is 4.79 Å². The fourth-order valence-corrected chi connectivity index (χ4v) is 2.70. The number of methoxy groups -OCH3 is 1. The number of ether oxygens (including phenoxy) is 2. The van der Waals surface area contributed by atoms with Crippen LogP contribution in [0.25, 0.3) is 6.08 Å². The molecule has 2 N–H and O–H groups in total. The maximum atomic E-state index is 12.0. The average molecular weight is 319 g/mol. The fraction of sp³-hybridized carbons (Fsp3) is 0.500. The molecule has 1 aromatic carbocycles. The Balaban J connectivity index is 1.92. The molecule has 2 rings (SSSR count). The van der Waals surface area contributed by atoms with E-state index in [1.807, 2.05) is 25.1 Å². The molecule has 1 aliphatic rings. The van der Waals surface area contributed by atoms with Gasteiger partial charge in [-0.3, -0.25) is 4.79 Å². The van der Waals surface area contributed by atoms with Crippen LogP contribution < -0.4 is 14.8 Å². The minimum atomic E-state index is -0.213. The van der Waals surface area contributed by atoms with Gasteiger partial charge in [-0.2, -0.15) is 0 Å². The SMILES string of the molecule is CCOc1ccc(/C=C/C(=O)NC2CCC(O)CC2)cc1OC. The van der Waals surface area contributed by atoms with Gasteiger partial charge in [0.25, 0.3) is 0 Å². The maximum Gasteiger partial charge on any atom is 0.244 e. The summed E-state index contributed by atoms with van der Waals surface area (Å²) >= 11 is 0. The molecule has 0 spiro atoms. The molecule has 0 aromatic heterocycles. The predicted octanol–water partition coefficient (Wildman–Crippen LogP) is 2.53. The van der Waals surface area contributed by atoms with Crippen LogP contribution in [0.3, 0.4) is 0 Å². The standard InChI is InChI=1S/C18H25NO4/c1-3-23-16-10-4-13(12-17(16)22-2)5-11-18(21)19-14-6-8-15(20)9-7-14/h4-5,10-12,14-15,20H,3,6-9H2,1-2H3,(H,19,21)/b11-5+. The van der Waals surface area contributed by atoms with Crippen molar-refractivity contribution in [2.45, 2.75) is 44.8 Å². The van der Waals surface area contributed by atoms with Crippen molar-refractivity contribution in [3.05, 3.63) is 29.8 Å². The Hall–Kier alpha value is -2.01. The molecule has 5 nitrogen and oxygen atoms in total. The van der Waals surface area contributed by atoms with Crippen molar-refractivity contribution in [1.82, 2.24) is 5.32 Å². The van der Waals surface area contributed by atoms with Crippen LogP contribution >= 0.6 is 0 Å². The number of amides is 1. The van der Waals surface area contributed by atoms with Crippen LogP contribution in [0.15, 0.2) is 24.3 Å². The molecule has 1 aliphatic carbocycles. The molecule has 0 unspecified atom stereocenters. The molecule has 126 valence electrons. The average Bonchev–Trinajstić information content (AvgIpc) is 2.56. The first-order chi connectivity index (χ1) is 11.1. The smallest absolute Gasteiger partial charge is 0.244 e. The fourth-order valence-electron chi connectivity index (χ4n) is 2.70. The van der Waals surface area contributed by atoms with Crippen molar-refractivity contribution in [2.75, 3.05) is 13.7 Å². The van der Waals surface area contributed by atoms with Gasteiger partial charge in [0.2, 0.25) is 5.91 Å². The first kappa shape index (κ1) is 17.3. The summed E-state index contributed by atoms with van der Waals surface area (Å²) in [5, 5.41) is 12.5. The summed E-state index contributed by atoms with van der Waals surface area (Å²) in [6.07, 6.45) is 6.24. The minimum Gasteiger partial charge on any atom is -0.493 e. The van der Waals surface area contributed by atoms with E-state index >= 15 is 0 Å². The van der Waals surface area contributed by atoms with E-state index in [1.165, 1.54) is 6.08 Å². The summed E-state index contributed by atoms with van der Waals surface area (Å²) in [6, 6.07) is 5.72. The van der Waals surface area contributed by atoms with Gasteiger partial charge < -0.3 is 19.9 Å². The molecule has 0 bridgehead atoms. The van der Waals surface area contributed by atoms with Gasteiger partial charge >= 0.3 is 0 Å². The van der Waals surface area contributed by atoms with Crippen LogP contribution in [0.4, 0.5) is 0 Å². The topological polar surface area (TPSA) is 67.8 Å². The Morgan fingerprint density at radius 3 is 2.70 bits per heavy atom. The molecule has 5 heteroatoms. The Bertz CT molecular complexity index is 548. The number of rotatable bonds is 6. The third kappa shape index (κ3) is 5.28. The molecule has 23 heavy (non-hydrogen) atoms. The Kier molecular flexibility index (Phi) is 6.47. The third-order valence-electron chi connectivity index (χ3n) is 3.96. The zero-order chi connectivity index (χ0) is 16.7. The number of nitrogens with one attached hydrogen (secondary N) is 1. The van der Waals surface area contributed by atoms with Crippen molar-refractivity contribution in [3.8, 4) is 11.5 Å². The first-order valence-corrected chi connectivity index (χ1v) is 8.09. The van der Waals surface area contributed by atoms with E-state index < -0.39 is 0 Å². The van der Waals surface area contributed by atoms with Gasteiger partial charge in [-0.15, -0.1) is 0 Å². The van der Waals surface area contributed by atoms with Gasteiger partial charge in [0, 0.05) is 12.1 Å². The Labute approximate surface area is 137 Å². The largest absolute Gasteiger partial charge is 0.493 e. The number of carbonyl (C=O) groups is 1. The van der Waals surface area contributed by atoms with Crippen molar-refractivity contribution in [3.63, 3.8) is 0 Å². The minimum absolute atomic E-state index is 0.112. The van der Waals surface area contributed by atoms with Crippen LogP contribution in [0.5, 0.6) is 11.5 Å². The highest BCUT2D eigenvalue weighted by atomic mass is 16.5. The molecule has 1 fully saturated rings. The van der Waals surface area contributed by atoms with Crippen LogP contribution in [0, 0.1) is 0 Å². The molecule has 0 radical (unpaired) electrons. The first-order valence-electron chi connectivity index (χ1n) is 8.09. The number of hydrogen-bond donors (Lipinski definition) is 2. The highest BCUT2D eigenvalue weighted by Gasteiger charge is 2.19. The third-order valence-corrected chi connectivity index (χ3v) is 3.96. The second-order valence-corrected chi connectivity index (χ2v) is 5.69. The molecule has 1 amide bonds. The summed E-state index contributed by atoms with van der Waals surface area (Å²) < 4.78 is 10.8. The summed E-state index contributed by atoms with van der Waals surface area (Å²) in [5.41, 5.74) is 0.875. The van der Waals surface area contributed by atoms with E-state index in [2.05, 4.69) is 5.32 Å². The number of aliphatic hydroxyl groups excluding tert-OH is 1. The van der Waals surface area contributed by atoms with Gasteiger partial charge in [-0.05, 0) is 56.4 Å². The van der Waals surface area contributed by atoms with Gasteiger partial charge in [-0.1, -0.05) is 6.07 Å². The summed E-state index contributed by atoms with van der Waals surface area (Å²) in [7, 11) is 1.59. The van der Waals surface area contributed by atoms with Crippen LogP contribution in [0.1, 0.15) is 38.2 Å². The molecule has 0 heterocycles. The molecule has 0 saturated heterocycles. The zero-order valence-corrected chi connectivity index (χ0v) is 13.7. The molecular weight excluding hydrogens is 294 g/mol. The summed E-state index contributed by atoms with van der Waals surface area (Å²) in [5.74, 6) is 1.23. The van der Waals surface area contributed by atoms with Gasteiger partial charge in [0.15, 0.2) is 11.5 Å². The predicted molar refractivity (Wildman–Crippen MR) is 89.6 cm³/mol. The van der Waals surface area contributed by atoms with Crippen molar-refractivity contribution < 1.29 is 19.4 Å². The van der Waals surface area contributed by atoms with E-state index in [-0.39, 0.29) is 18.1 Å². The van der Waals surface area contributed by atoms with Gasteiger partial charge in [-0.25, -0.2) is 0 Å². The van der Waals surface area contributed by atoms with Crippen molar-refractivity contribution in [2.24, 2.45) is 0 Å². The molecule has 0 aliphatic heterocycles. The lowest BCUT2D eigenvalue weighted by atomic mass is 9.93. The van der Waals surface area contributed by atoms with Gasteiger partial charge in [0.1, 0.15) is 0 Å². The van der Waals surface area contributed by atoms with Crippen molar-refractivity contribution in [1.29, 1.82) is 0 Å². The van der Waals surface area contributed by atoms with Gasteiger partial charge in [0.05, 0.1) is 19.8 Å². The van der Waals surface area contributed by atoms with E-state index in [1.54, 1.807) is 13.2 Å². The number of aliphatic hydroxyl groups is 1. The molecular formula is C18H25NO4. The van der Waals surface area contributed by atoms with Crippen LogP contribution in [-0.4, -0.2) is 36.9 Å². The number of carbonyl (C=O) groups excluding carboxylic acids is 1. The lowest BCUT2D eigenvalue weighted by molar-refractivity contribution is -0.117. The van der Waals surface area contributed by atoms with E-state index in [0.717, 1.165) is 31.2 Å². The number of hydrogen-bond acceptors (Lipinski definition) is 4. The normalized spacial score (nSPS) is 21.2. The Morgan fingerprint density at radius 1 is 1.30 bits per heavy atom. The molecule has 0 atom stereocenters. The van der Waals surface area contributed by atoms with E-state index in [4.69, 9.17) is 9.47 Å². The second-order valence-electron chi connectivity index (χ2n) is 5.69. The van der Waals surface area contributed by atoms with Crippen LogP contribution in [0.2, 0.25) is 0 Å². The zero-order valence-electron chi connectivity index (χ0n) is 13.7. The summed E-state index contributed by atoms with van der Waals surface area (Å²) in [4.78, 5) is 12.0. The Morgan fingerprint density at radius 2 is 2.04 bits per heavy atom. The highest BCUT2D eigenvalue weighted by Crippen LogP contribution is 2.28. The lowest BCUT2D eigenvalue weighted by Gasteiger charge is -2.25. The van der Waals surface area contributed by atoms with Crippen molar-refractivity contribution >= 4 is 12.0 Å². The van der Waals surface area contributed by atoms with E-state index in [0.29, 0.717) is 18.1 Å². The summed E-state index contributed by atoms with van der Waals surface area (Å²) in [6.45, 7) is 2.49. The molecule has 1 aromatic rings. The maximum absolute atomic E-state index is 12.0. The highest BCUT2D eigenvalue weighted by molar-refractivity contribution is 5.92. The second kappa shape index (κ2) is 8.58. The van der Waals surface area contributed by atoms with E-state index in [9.17, 15) is 9.90 Å². The monoisotopic (exact) mass is 319 g/mol. The number of benzene rings is 1. The quantitative estimate of drug-likeness (QED) is 0.791. The lowest BCUT2D eigenvalue weighted by Crippen LogP contribution is -2.37. The molecule has 1 saturated carbocycles.